The first kappa shape index (κ1) is 22.3. The predicted molar refractivity (Wildman–Crippen MR) is 130 cm³/mol. The van der Waals surface area contributed by atoms with Crippen molar-refractivity contribution in [2.75, 3.05) is 20.2 Å². The largest absolute Gasteiger partial charge is 0.497 e. The van der Waals surface area contributed by atoms with E-state index in [-0.39, 0.29) is 11.8 Å². The van der Waals surface area contributed by atoms with Crippen LogP contribution in [0, 0.1) is 5.92 Å². The van der Waals surface area contributed by atoms with Gasteiger partial charge in [-0.1, -0.05) is 36.4 Å². The number of nitrogens with zero attached hydrogens (tertiary/aromatic N) is 1. The topological polar surface area (TPSA) is 59.0 Å². The summed E-state index contributed by atoms with van der Waals surface area (Å²) in [5.74, 6) is 1.66. The summed E-state index contributed by atoms with van der Waals surface area (Å²) < 4.78 is 11.8. The molecule has 4 unspecified atom stereocenters. The van der Waals surface area contributed by atoms with Crippen molar-refractivity contribution in [3.63, 3.8) is 0 Å². The SMILES string of the molecule is COc1ccc2c(c1)C13CCCN(CC4CC4)C(C2)C1(O)CC(OCc1ccccc1)C(=O)C3. The summed E-state index contributed by atoms with van der Waals surface area (Å²) in [6.45, 7) is 2.43. The van der Waals surface area contributed by atoms with Crippen LogP contribution in [0.15, 0.2) is 48.5 Å². The Morgan fingerprint density at radius 1 is 1.15 bits per heavy atom. The van der Waals surface area contributed by atoms with Gasteiger partial charge in [-0.05, 0) is 73.4 Å². The number of hydrogen-bond donors (Lipinski definition) is 1. The van der Waals surface area contributed by atoms with E-state index < -0.39 is 17.1 Å². The van der Waals surface area contributed by atoms with E-state index in [1.54, 1.807) is 7.11 Å². The highest BCUT2D eigenvalue weighted by molar-refractivity contribution is 5.87. The Bertz CT molecular complexity index is 1070. The second-order valence-electron chi connectivity index (χ2n) is 10.9. The van der Waals surface area contributed by atoms with Gasteiger partial charge in [-0.25, -0.2) is 0 Å². The van der Waals surface area contributed by atoms with Crippen molar-refractivity contribution in [3.8, 4) is 5.75 Å². The van der Waals surface area contributed by atoms with Crippen LogP contribution < -0.4 is 4.74 Å². The summed E-state index contributed by atoms with van der Waals surface area (Å²) in [5, 5.41) is 12.7. The van der Waals surface area contributed by atoms with Gasteiger partial charge in [0, 0.05) is 30.8 Å². The molecule has 2 saturated carbocycles. The van der Waals surface area contributed by atoms with Gasteiger partial charge >= 0.3 is 0 Å². The van der Waals surface area contributed by atoms with E-state index in [2.05, 4.69) is 17.0 Å². The fourth-order valence-electron chi connectivity index (χ4n) is 7.01. The van der Waals surface area contributed by atoms with E-state index in [1.807, 2.05) is 36.4 Å². The van der Waals surface area contributed by atoms with Crippen molar-refractivity contribution in [1.82, 2.24) is 4.90 Å². The van der Waals surface area contributed by atoms with Gasteiger partial charge in [-0.3, -0.25) is 9.69 Å². The van der Waals surface area contributed by atoms with Gasteiger partial charge in [0.2, 0.25) is 0 Å². The molecule has 6 rings (SSSR count). The molecule has 0 spiro atoms. The second-order valence-corrected chi connectivity index (χ2v) is 10.9. The van der Waals surface area contributed by atoms with Crippen LogP contribution in [-0.4, -0.2) is 53.7 Å². The molecular formula is C29H35NO4. The number of carbonyl (C=O) groups is 1. The van der Waals surface area contributed by atoms with Gasteiger partial charge in [0.25, 0.3) is 0 Å². The first-order valence-electron chi connectivity index (χ1n) is 12.8. The number of methoxy groups -OCH3 is 1. The Morgan fingerprint density at radius 3 is 2.74 bits per heavy atom. The molecule has 4 atom stereocenters. The third-order valence-electron chi connectivity index (χ3n) is 8.93. The zero-order valence-electron chi connectivity index (χ0n) is 20.0. The van der Waals surface area contributed by atoms with Gasteiger partial charge in [0.15, 0.2) is 5.78 Å². The lowest BCUT2D eigenvalue weighted by molar-refractivity contribution is -0.175. The molecule has 34 heavy (non-hydrogen) atoms. The first-order valence-corrected chi connectivity index (χ1v) is 12.8. The summed E-state index contributed by atoms with van der Waals surface area (Å²) in [4.78, 5) is 16.1. The quantitative estimate of drug-likeness (QED) is 0.704. The zero-order chi connectivity index (χ0) is 23.3. The van der Waals surface area contributed by atoms with Crippen molar-refractivity contribution in [2.45, 2.75) is 74.7 Å². The van der Waals surface area contributed by atoms with Crippen LogP contribution >= 0.6 is 0 Å². The van der Waals surface area contributed by atoms with Crippen LogP contribution in [-0.2, 0) is 28.0 Å². The van der Waals surface area contributed by atoms with E-state index in [0.29, 0.717) is 19.4 Å². The average Bonchev–Trinajstić information content (AvgIpc) is 3.67. The van der Waals surface area contributed by atoms with Gasteiger partial charge in [-0.15, -0.1) is 0 Å². The molecule has 3 fully saturated rings. The molecule has 5 heteroatoms. The van der Waals surface area contributed by atoms with Crippen molar-refractivity contribution >= 4 is 5.78 Å². The Kier molecular flexibility index (Phi) is 5.55. The number of carbonyl (C=O) groups excluding carboxylic acids is 1. The van der Waals surface area contributed by atoms with Crippen LogP contribution in [0.1, 0.15) is 55.2 Å². The van der Waals surface area contributed by atoms with E-state index in [1.165, 1.54) is 18.4 Å². The maximum Gasteiger partial charge on any atom is 0.162 e. The summed E-state index contributed by atoms with van der Waals surface area (Å²) in [6.07, 6.45) is 5.32. The third kappa shape index (κ3) is 3.60. The van der Waals surface area contributed by atoms with Gasteiger partial charge in [-0.2, -0.15) is 0 Å². The van der Waals surface area contributed by atoms with Crippen molar-refractivity contribution in [2.24, 2.45) is 5.92 Å². The molecule has 0 radical (unpaired) electrons. The molecule has 3 aliphatic carbocycles. The van der Waals surface area contributed by atoms with Gasteiger partial charge < -0.3 is 14.6 Å². The lowest BCUT2D eigenvalue weighted by atomic mass is 9.51. The summed E-state index contributed by atoms with van der Waals surface area (Å²) >= 11 is 0. The van der Waals surface area contributed by atoms with Crippen molar-refractivity contribution in [1.29, 1.82) is 0 Å². The molecule has 2 bridgehead atoms. The lowest BCUT2D eigenvalue weighted by Crippen LogP contribution is -2.70. The first-order chi connectivity index (χ1) is 16.5. The Hall–Kier alpha value is -2.21. The molecule has 180 valence electrons. The number of fused-ring (bicyclic) bond motifs is 1. The fraction of sp³-hybridized carbons (Fsp3) is 0.552. The van der Waals surface area contributed by atoms with Gasteiger partial charge in [0.05, 0.1) is 19.3 Å². The number of aliphatic hydroxyl groups is 1. The van der Waals surface area contributed by atoms with E-state index in [9.17, 15) is 9.90 Å². The number of rotatable bonds is 6. The highest BCUT2D eigenvalue weighted by atomic mass is 16.5. The van der Waals surface area contributed by atoms with E-state index >= 15 is 0 Å². The molecule has 2 aromatic rings. The lowest BCUT2D eigenvalue weighted by Gasteiger charge is -2.59. The van der Waals surface area contributed by atoms with Crippen LogP contribution in [0.25, 0.3) is 0 Å². The Balaban J connectivity index is 1.39. The summed E-state index contributed by atoms with van der Waals surface area (Å²) in [6, 6.07) is 16.3. The molecule has 1 saturated heterocycles. The molecule has 4 aliphatic rings. The minimum Gasteiger partial charge on any atom is -0.497 e. The number of hydrogen-bond acceptors (Lipinski definition) is 5. The normalized spacial score (nSPS) is 33.1. The number of ether oxygens (including phenoxy) is 2. The van der Waals surface area contributed by atoms with Crippen molar-refractivity contribution < 1.29 is 19.4 Å². The number of likely N-dealkylation sites (tertiary alicyclic amines) is 1. The van der Waals surface area contributed by atoms with Crippen LogP contribution in [0.2, 0.25) is 0 Å². The van der Waals surface area contributed by atoms with Crippen molar-refractivity contribution in [3.05, 3.63) is 65.2 Å². The molecule has 2 aromatic carbocycles. The predicted octanol–water partition coefficient (Wildman–Crippen LogP) is 4.04. The van der Waals surface area contributed by atoms with Crippen LogP contribution in [0.4, 0.5) is 0 Å². The number of benzene rings is 2. The Labute approximate surface area is 202 Å². The number of Topliss-reactive ketones (excluding diaryl/α,β-unsaturated/α-hetero) is 1. The zero-order valence-corrected chi connectivity index (χ0v) is 20.0. The third-order valence-corrected chi connectivity index (χ3v) is 8.93. The van der Waals surface area contributed by atoms with Crippen LogP contribution in [0.5, 0.6) is 5.75 Å². The smallest absolute Gasteiger partial charge is 0.162 e. The molecule has 1 aliphatic heterocycles. The minimum absolute atomic E-state index is 0.00687. The monoisotopic (exact) mass is 461 g/mol. The molecule has 0 amide bonds. The summed E-state index contributed by atoms with van der Waals surface area (Å²) in [5.41, 5.74) is 1.84. The average molecular weight is 462 g/mol. The highest BCUT2D eigenvalue weighted by Gasteiger charge is 2.65. The molecular weight excluding hydrogens is 426 g/mol. The maximum atomic E-state index is 13.6. The standard InChI is InChI=1S/C29H35NO4/c1-33-23-11-10-22-14-27-29(32)17-26(34-19-21-6-3-2-4-7-21)25(31)16-28(29,24(22)15-23)12-5-13-30(27)18-20-8-9-20/h2-4,6-7,10-11,15,20,26-27,32H,5,8-9,12-14,16-19H2,1H3. The summed E-state index contributed by atoms with van der Waals surface area (Å²) in [7, 11) is 1.68. The molecule has 1 N–H and O–H groups in total. The van der Waals surface area contributed by atoms with E-state index in [0.717, 1.165) is 55.1 Å². The molecule has 0 aromatic heterocycles. The minimum atomic E-state index is -1.01. The number of ketones is 1. The van der Waals surface area contributed by atoms with E-state index in [4.69, 9.17) is 9.47 Å². The molecule has 1 heterocycles. The van der Waals surface area contributed by atoms with Gasteiger partial charge in [0.1, 0.15) is 11.9 Å². The fourth-order valence-corrected chi connectivity index (χ4v) is 7.01. The second kappa shape index (κ2) is 8.47. The highest BCUT2D eigenvalue weighted by Crippen LogP contribution is 2.58. The maximum absolute atomic E-state index is 13.6. The Morgan fingerprint density at radius 2 is 1.97 bits per heavy atom. The van der Waals surface area contributed by atoms with Crippen LogP contribution in [0.3, 0.4) is 0 Å². The molecule has 5 nitrogen and oxygen atoms in total.